The number of piperazine rings is 1. The van der Waals surface area contributed by atoms with Crippen LogP contribution in [0.15, 0.2) is 58.3 Å². The van der Waals surface area contributed by atoms with Crippen LogP contribution in [0.1, 0.15) is 23.0 Å². The fourth-order valence-corrected chi connectivity index (χ4v) is 4.72. The third kappa shape index (κ3) is 4.41. The number of rotatable bonds is 5. The first-order chi connectivity index (χ1) is 14.7. The lowest BCUT2D eigenvalue weighted by molar-refractivity contribution is 0.114. The Bertz CT molecular complexity index is 993. The Labute approximate surface area is 176 Å². The molecule has 0 amide bonds. The number of halogens is 1. The molecule has 0 aliphatic carbocycles. The number of aliphatic hydroxyl groups is 1. The Balaban J connectivity index is 1.56. The Hall–Kier alpha value is -1.30. The van der Waals surface area contributed by atoms with E-state index in [1.54, 1.807) is 21.6 Å². The van der Waals surface area contributed by atoms with E-state index in [2.05, 4.69) is 12.1 Å². The summed E-state index contributed by atoms with van der Waals surface area (Å²) in [5.41, 5.74) is 3.10. The van der Waals surface area contributed by atoms with Gasteiger partial charge >= 0.3 is 0 Å². The third-order valence-electron chi connectivity index (χ3n) is 4.82. The van der Waals surface area contributed by atoms with Gasteiger partial charge in [-0.05, 0) is 47.4 Å². The number of aliphatic hydroxyl groups excluding tert-OH is 1. The van der Waals surface area contributed by atoms with E-state index in [0.29, 0.717) is 31.2 Å². The van der Waals surface area contributed by atoms with E-state index in [-0.39, 0.29) is 6.42 Å². The van der Waals surface area contributed by atoms with Gasteiger partial charge in [0.25, 0.3) is 0 Å². The number of hydrogen-bond donors (Lipinski definition) is 1. The largest absolute Gasteiger partial charge is 0.395 e. The van der Waals surface area contributed by atoms with Crippen LogP contribution in [0, 0.1) is 0 Å². The molecule has 142 valence electrons. The second-order valence-electron chi connectivity index (χ2n) is 6.51. The number of hydrogen-bond acceptors (Lipinski definition) is 4. The first-order valence-corrected chi connectivity index (χ1v) is 10.3. The summed E-state index contributed by atoms with van der Waals surface area (Å²) < 4.78 is 33.1. The summed E-state index contributed by atoms with van der Waals surface area (Å²) in [6.07, 6.45) is 2.17. The van der Waals surface area contributed by atoms with Crippen molar-refractivity contribution in [2.75, 3.05) is 45.8 Å². The van der Waals surface area contributed by atoms with Crippen molar-refractivity contribution in [3.05, 3.63) is 64.7 Å². The molecule has 2 aromatic carbocycles. The second kappa shape index (κ2) is 8.80. The maximum absolute atomic E-state index is 9.26. The van der Waals surface area contributed by atoms with Crippen molar-refractivity contribution in [2.24, 2.45) is 0 Å². The van der Waals surface area contributed by atoms with Crippen LogP contribution in [0.4, 0.5) is 0 Å². The van der Waals surface area contributed by atoms with Gasteiger partial charge in [0, 0.05) is 59.5 Å². The Morgan fingerprint density at radius 2 is 1.70 bits per heavy atom. The van der Waals surface area contributed by atoms with Gasteiger partial charge in [-0.3, -0.25) is 4.90 Å². The monoisotopic (exact) mass is 404 g/mol. The summed E-state index contributed by atoms with van der Waals surface area (Å²) in [4.78, 5) is 5.58. The minimum absolute atomic E-state index is 0.209. The molecule has 3 nitrogen and oxygen atoms in total. The molecule has 0 bridgehead atoms. The molecule has 0 aromatic heterocycles. The SMILES string of the molecule is [2H]C([2H])(CO)N1CCN(C([2H])([2H])C/C=C2/c3ccccc3Sc3ccc(Cl)cc32)CC1. The van der Waals surface area contributed by atoms with E-state index in [0.717, 1.165) is 26.5 Å². The van der Waals surface area contributed by atoms with Gasteiger partial charge in [0.05, 0.1) is 6.61 Å². The summed E-state index contributed by atoms with van der Waals surface area (Å²) in [6, 6.07) is 14.0. The Kier molecular flexibility index (Phi) is 4.78. The lowest BCUT2D eigenvalue weighted by atomic mass is 9.96. The molecule has 0 radical (unpaired) electrons. The second-order valence-corrected chi connectivity index (χ2v) is 8.03. The third-order valence-corrected chi connectivity index (χ3v) is 6.21. The molecule has 27 heavy (non-hydrogen) atoms. The van der Waals surface area contributed by atoms with Crippen LogP contribution in [0.5, 0.6) is 0 Å². The number of β-amino-alcohol motifs (C(OH)–C–C–N with tert-alkyl or cyclic N) is 1. The Morgan fingerprint density at radius 1 is 1.00 bits per heavy atom. The van der Waals surface area contributed by atoms with Crippen LogP contribution in [-0.2, 0) is 0 Å². The van der Waals surface area contributed by atoms with E-state index in [4.69, 9.17) is 17.1 Å². The van der Waals surface area contributed by atoms with Crippen LogP contribution in [-0.4, -0.2) is 60.7 Å². The van der Waals surface area contributed by atoms with E-state index in [9.17, 15) is 5.11 Å². The van der Waals surface area contributed by atoms with Crippen LogP contribution < -0.4 is 0 Å². The van der Waals surface area contributed by atoms with E-state index < -0.39 is 19.6 Å². The summed E-state index contributed by atoms with van der Waals surface area (Å²) in [5.74, 6) is 0. The summed E-state index contributed by atoms with van der Waals surface area (Å²) in [6.45, 7) is -2.33. The molecular formula is C22H25ClN2OS. The lowest BCUT2D eigenvalue weighted by Gasteiger charge is -2.34. The van der Waals surface area contributed by atoms with Crippen molar-refractivity contribution in [2.45, 2.75) is 16.2 Å². The minimum Gasteiger partial charge on any atom is -0.395 e. The zero-order valence-electron chi connectivity index (χ0n) is 19.0. The fourth-order valence-electron chi connectivity index (χ4n) is 3.46. The van der Waals surface area contributed by atoms with Gasteiger partial charge in [-0.2, -0.15) is 0 Å². The molecule has 1 fully saturated rings. The van der Waals surface area contributed by atoms with Crippen molar-refractivity contribution in [3.8, 4) is 0 Å². The van der Waals surface area contributed by atoms with Gasteiger partial charge in [-0.1, -0.05) is 47.6 Å². The van der Waals surface area contributed by atoms with Crippen LogP contribution in [0.25, 0.3) is 5.57 Å². The molecule has 2 aromatic rings. The van der Waals surface area contributed by atoms with Crippen molar-refractivity contribution in [1.29, 1.82) is 0 Å². The van der Waals surface area contributed by atoms with Crippen LogP contribution in [0.3, 0.4) is 0 Å². The molecule has 5 heteroatoms. The lowest BCUT2D eigenvalue weighted by Crippen LogP contribution is -2.47. The number of benzene rings is 2. The fraction of sp³-hybridized carbons (Fsp3) is 0.364. The minimum atomic E-state index is -1.77. The number of fused-ring (bicyclic) bond motifs is 2. The van der Waals surface area contributed by atoms with E-state index in [1.807, 2.05) is 36.4 Å². The quantitative estimate of drug-likeness (QED) is 0.688. The van der Waals surface area contributed by atoms with Crippen LogP contribution in [0.2, 0.25) is 5.02 Å². The molecule has 1 saturated heterocycles. The van der Waals surface area contributed by atoms with Crippen molar-refractivity contribution >= 4 is 28.9 Å². The van der Waals surface area contributed by atoms with Crippen molar-refractivity contribution in [3.63, 3.8) is 0 Å². The van der Waals surface area contributed by atoms with Crippen LogP contribution >= 0.6 is 23.4 Å². The van der Waals surface area contributed by atoms with Gasteiger partial charge in [0.15, 0.2) is 0 Å². The molecule has 0 spiro atoms. The topological polar surface area (TPSA) is 26.7 Å². The van der Waals surface area contributed by atoms with Gasteiger partial charge < -0.3 is 10.0 Å². The predicted molar refractivity (Wildman–Crippen MR) is 114 cm³/mol. The average Bonchev–Trinajstić information content (AvgIpc) is 2.77. The van der Waals surface area contributed by atoms with E-state index in [1.165, 1.54) is 0 Å². The Morgan fingerprint density at radius 3 is 2.48 bits per heavy atom. The summed E-state index contributed by atoms with van der Waals surface area (Å²) in [7, 11) is 0. The number of nitrogens with zero attached hydrogens (tertiary/aromatic N) is 2. The van der Waals surface area contributed by atoms with Crippen molar-refractivity contribution in [1.82, 2.24) is 9.80 Å². The average molecular weight is 405 g/mol. The zero-order chi connectivity index (χ0) is 22.2. The molecule has 2 aliphatic rings. The highest BCUT2D eigenvalue weighted by molar-refractivity contribution is 7.99. The standard InChI is InChI=1S/C22H25ClN2OS/c23-17-7-8-22-20(16-17)18(19-4-1-2-6-21(19)27-22)5-3-9-24-10-12-25(13-11-24)14-15-26/h1-2,4-8,16,26H,3,9-15H2/b18-5-/i9D2,14D2. The molecule has 0 unspecified atom stereocenters. The maximum atomic E-state index is 9.26. The highest BCUT2D eigenvalue weighted by atomic mass is 35.5. The first kappa shape index (κ1) is 14.7. The van der Waals surface area contributed by atoms with Gasteiger partial charge in [0.1, 0.15) is 0 Å². The van der Waals surface area contributed by atoms with Crippen molar-refractivity contribution < 1.29 is 10.6 Å². The van der Waals surface area contributed by atoms with E-state index >= 15 is 0 Å². The maximum Gasteiger partial charge on any atom is 0.0558 e. The van der Waals surface area contributed by atoms with Gasteiger partial charge in [0.2, 0.25) is 0 Å². The molecular weight excluding hydrogens is 376 g/mol. The highest BCUT2D eigenvalue weighted by Gasteiger charge is 2.21. The smallest absolute Gasteiger partial charge is 0.0558 e. The molecule has 0 saturated carbocycles. The highest BCUT2D eigenvalue weighted by Crippen LogP contribution is 2.46. The first-order valence-electron chi connectivity index (χ1n) is 11.1. The molecule has 0 atom stereocenters. The molecule has 2 heterocycles. The predicted octanol–water partition coefficient (Wildman–Crippen LogP) is 4.24. The normalized spacial score (nSPS) is 22.4. The summed E-state index contributed by atoms with van der Waals surface area (Å²) >= 11 is 7.97. The molecule has 4 rings (SSSR count). The molecule has 2 aliphatic heterocycles. The summed E-state index contributed by atoms with van der Waals surface area (Å²) in [5, 5.41) is 9.91. The van der Waals surface area contributed by atoms with Gasteiger partial charge in [-0.25, -0.2) is 0 Å². The zero-order valence-corrected chi connectivity index (χ0v) is 16.6. The van der Waals surface area contributed by atoms with Gasteiger partial charge in [-0.15, -0.1) is 0 Å². The molecule has 1 N–H and O–H groups in total.